The summed E-state index contributed by atoms with van der Waals surface area (Å²) in [6.07, 6.45) is 1.88. The second kappa shape index (κ2) is 6.51. The van der Waals surface area contributed by atoms with Crippen molar-refractivity contribution in [1.29, 1.82) is 0 Å². The Morgan fingerprint density at radius 1 is 1.39 bits per heavy atom. The number of aromatic nitrogens is 2. The van der Waals surface area contributed by atoms with E-state index in [4.69, 9.17) is 9.15 Å². The SMILES string of the molecule is CCCNCCc1nnc(-c2sccc2OC)o1. The summed E-state index contributed by atoms with van der Waals surface area (Å²) in [5.74, 6) is 1.97. The molecule has 2 rings (SSSR count). The van der Waals surface area contributed by atoms with Gasteiger partial charge in [0.1, 0.15) is 10.6 Å². The molecule has 18 heavy (non-hydrogen) atoms. The fraction of sp³-hybridized carbons (Fsp3) is 0.500. The predicted molar refractivity (Wildman–Crippen MR) is 71.0 cm³/mol. The predicted octanol–water partition coefficient (Wildman–Crippen LogP) is 2.35. The van der Waals surface area contributed by atoms with E-state index in [1.165, 1.54) is 11.3 Å². The molecular weight excluding hydrogens is 250 g/mol. The molecule has 0 spiro atoms. The third-order valence-electron chi connectivity index (χ3n) is 2.45. The highest BCUT2D eigenvalue weighted by atomic mass is 32.1. The Labute approximate surface area is 110 Å². The van der Waals surface area contributed by atoms with Gasteiger partial charge in [-0.3, -0.25) is 0 Å². The molecule has 6 heteroatoms. The lowest BCUT2D eigenvalue weighted by Crippen LogP contribution is -2.17. The molecule has 0 saturated heterocycles. The zero-order valence-corrected chi connectivity index (χ0v) is 11.4. The van der Waals surface area contributed by atoms with Crippen molar-refractivity contribution in [1.82, 2.24) is 15.5 Å². The monoisotopic (exact) mass is 267 g/mol. The zero-order chi connectivity index (χ0) is 12.8. The summed E-state index contributed by atoms with van der Waals surface area (Å²) >= 11 is 1.54. The van der Waals surface area contributed by atoms with Crippen LogP contribution in [0.1, 0.15) is 19.2 Å². The lowest BCUT2D eigenvalue weighted by molar-refractivity contribution is 0.415. The normalized spacial score (nSPS) is 10.8. The number of thiophene rings is 1. The number of rotatable bonds is 7. The van der Waals surface area contributed by atoms with Crippen LogP contribution in [0.5, 0.6) is 5.75 Å². The molecule has 2 heterocycles. The summed E-state index contributed by atoms with van der Waals surface area (Å²) in [7, 11) is 1.64. The van der Waals surface area contributed by atoms with Crippen molar-refractivity contribution in [3.8, 4) is 16.5 Å². The number of methoxy groups -OCH3 is 1. The standard InChI is InChI=1S/C12H17N3O2S/c1-3-6-13-7-4-10-14-15-12(17-10)11-9(16-2)5-8-18-11/h5,8,13H,3-4,6-7H2,1-2H3. The molecule has 0 unspecified atom stereocenters. The number of hydrogen-bond acceptors (Lipinski definition) is 6. The van der Waals surface area contributed by atoms with Crippen molar-refractivity contribution in [3.63, 3.8) is 0 Å². The van der Waals surface area contributed by atoms with E-state index >= 15 is 0 Å². The molecule has 0 aliphatic heterocycles. The van der Waals surface area contributed by atoms with Crippen LogP contribution < -0.4 is 10.1 Å². The van der Waals surface area contributed by atoms with Gasteiger partial charge in [-0.05, 0) is 24.4 Å². The molecule has 0 aliphatic carbocycles. The fourth-order valence-electron chi connectivity index (χ4n) is 1.56. The number of ether oxygens (including phenoxy) is 1. The topological polar surface area (TPSA) is 60.2 Å². The second-order valence-corrected chi connectivity index (χ2v) is 4.74. The first kappa shape index (κ1) is 13.0. The zero-order valence-electron chi connectivity index (χ0n) is 10.6. The smallest absolute Gasteiger partial charge is 0.261 e. The Balaban J connectivity index is 1.97. The van der Waals surface area contributed by atoms with Crippen LogP contribution in [-0.4, -0.2) is 30.4 Å². The molecule has 0 bridgehead atoms. The van der Waals surface area contributed by atoms with E-state index < -0.39 is 0 Å². The summed E-state index contributed by atoms with van der Waals surface area (Å²) in [6, 6.07) is 1.90. The molecule has 98 valence electrons. The number of hydrogen-bond donors (Lipinski definition) is 1. The van der Waals surface area contributed by atoms with E-state index in [1.54, 1.807) is 7.11 Å². The minimum atomic E-state index is 0.535. The van der Waals surface area contributed by atoms with Crippen molar-refractivity contribution in [2.45, 2.75) is 19.8 Å². The highest BCUT2D eigenvalue weighted by Gasteiger charge is 2.14. The molecule has 0 aliphatic rings. The van der Waals surface area contributed by atoms with E-state index in [9.17, 15) is 0 Å². The molecule has 1 N–H and O–H groups in total. The van der Waals surface area contributed by atoms with Crippen molar-refractivity contribution >= 4 is 11.3 Å². The fourth-order valence-corrected chi connectivity index (χ4v) is 2.34. The minimum Gasteiger partial charge on any atom is -0.495 e. The second-order valence-electron chi connectivity index (χ2n) is 3.82. The van der Waals surface area contributed by atoms with Gasteiger partial charge in [-0.15, -0.1) is 21.5 Å². The summed E-state index contributed by atoms with van der Waals surface area (Å²) in [4.78, 5) is 0.887. The van der Waals surface area contributed by atoms with Crippen LogP contribution in [-0.2, 0) is 6.42 Å². The number of nitrogens with zero attached hydrogens (tertiary/aromatic N) is 2. The van der Waals surface area contributed by atoms with Crippen LogP contribution in [0.4, 0.5) is 0 Å². The van der Waals surface area contributed by atoms with Crippen LogP contribution in [0.15, 0.2) is 15.9 Å². The van der Waals surface area contributed by atoms with Gasteiger partial charge in [0.2, 0.25) is 5.89 Å². The molecule has 0 amide bonds. The Morgan fingerprint density at radius 3 is 3.06 bits per heavy atom. The first-order valence-electron chi connectivity index (χ1n) is 6.00. The van der Waals surface area contributed by atoms with Crippen molar-refractivity contribution in [2.75, 3.05) is 20.2 Å². The third kappa shape index (κ3) is 3.08. The average molecular weight is 267 g/mol. The summed E-state index contributed by atoms with van der Waals surface area (Å²) in [5, 5.41) is 13.3. The van der Waals surface area contributed by atoms with Crippen LogP contribution >= 0.6 is 11.3 Å². The van der Waals surface area contributed by atoms with E-state index in [0.717, 1.165) is 36.6 Å². The van der Waals surface area contributed by atoms with Gasteiger partial charge in [-0.2, -0.15) is 0 Å². The van der Waals surface area contributed by atoms with Gasteiger partial charge in [0.15, 0.2) is 0 Å². The van der Waals surface area contributed by atoms with Crippen LogP contribution in [0.3, 0.4) is 0 Å². The quantitative estimate of drug-likeness (QED) is 0.780. The van der Waals surface area contributed by atoms with Crippen molar-refractivity contribution < 1.29 is 9.15 Å². The number of nitrogens with one attached hydrogen (secondary N) is 1. The first-order valence-corrected chi connectivity index (χ1v) is 6.88. The van der Waals surface area contributed by atoms with Gasteiger partial charge in [-0.1, -0.05) is 6.92 Å². The molecular formula is C12H17N3O2S. The van der Waals surface area contributed by atoms with Crippen molar-refractivity contribution in [3.05, 3.63) is 17.3 Å². The molecule has 0 radical (unpaired) electrons. The summed E-state index contributed by atoms with van der Waals surface area (Å²) in [5.41, 5.74) is 0. The van der Waals surface area contributed by atoms with E-state index in [0.29, 0.717) is 11.8 Å². The van der Waals surface area contributed by atoms with Crippen LogP contribution in [0.2, 0.25) is 0 Å². The Hall–Kier alpha value is -1.40. The lowest BCUT2D eigenvalue weighted by atomic mass is 10.4. The van der Waals surface area contributed by atoms with Crippen molar-refractivity contribution in [2.24, 2.45) is 0 Å². The van der Waals surface area contributed by atoms with E-state index in [2.05, 4.69) is 22.4 Å². The maximum absolute atomic E-state index is 5.62. The van der Waals surface area contributed by atoms with Gasteiger partial charge >= 0.3 is 0 Å². The van der Waals surface area contributed by atoms with Gasteiger partial charge in [0.05, 0.1) is 7.11 Å². The molecule has 2 aromatic rings. The van der Waals surface area contributed by atoms with Crippen LogP contribution in [0, 0.1) is 0 Å². The van der Waals surface area contributed by atoms with E-state index in [1.807, 2.05) is 11.4 Å². The summed E-state index contributed by atoms with van der Waals surface area (Å²) in [6.45, 7) is 4.01. The average Bonchev–Trinajstić information content (AvgIpc) is 3.02. The molecule has 2 aromatic heterocycles. The lowest BCUT2D eigenvalue weighted by Gasteiger charge is -1.98. The first-order chi connectivity index (χ1) is 8.85. The minimum absolute atomic E-state index is 0.535. The van der Waals surface area contributed by atoms with Crippen LogP contribution in [0.25, 0.3) is 10.8 Å². The third-order valence-corrected chi connectivity index (χ3v) is 3.34. The molecule has 5 nitrogen and oxygen atoms in total. The van der Waals surface area contributed by atoms with E-state index in [-0.39, 0.29) is 0 Å². The Bertz CT molecular complexity index is 481. The summed E-state index contributed by atoms with van der Waals surface area (Å²) < 4.78 is 10.9. The van der Waals surface area contributed by atoms with Gasteiger partial charge < -0.3 is 14.5 Å². The molecule has 0 aromatic carbocycles. The maximum atomic E-state index is 5.62. The highest BCUT2D eigenvalue weighted by molar-refractivity contribution is 7.13. The molecule has 0 saturated carbocycles. The molecule has 0 fully saturated rings. The Morgan fingerprint density at radius 2 is 2.28 bits per heavy atom. The van der Waals surface area contributed by atoms with Gasteiger partial charge in [-0.25, -0.2) is 0 Å². The maximum Gasteiger partial charge on any atom is 0.261 e. The largest absolute Gasteiger partial charge is 0.495 e. The molecule has 0 atom stereocenters. The Kier molecular flexibility index (Phi) is 4.72. The van der Waals surface area contributed by atoms with Gasteiger partial charge in [0, 0.05) is 13.0 Å². The highest BCUT2D eigenvalue weighted by Crippen LogP contribution is 2.34. The van der Waals surface area contributed by atoms with Gasteiger partial charge in [0.25, 0.3) is 5.89 Å².